The Kier molecular flexibility index (Phi) is 8.06. The highest BCUT2D eigenvalue weighted by atomic mass is 32.2. The first-order valence-electron chi connectivity index (χ1n) is 10.5. The zero-order valence-corrected chi connectivity index (χ0v) is 19.6. The normalized spacial score (nSPS) is 18.5. The largest absolute Gasteiger partial charge is 0.534 e. The Labute approximate surface area is 204 Å². The van der Waals surface area contributed by atoms with Crippen LogP contribution in [0.4, 0.5) is 18.9 Å². The lowest BCUT2D eigenvalue weighted by molar-refractivity contribution is -0.137. The molecule has 9 nitrogen and oxygen atoms in total. The summed E-state index contributed by atoms with van der Waals surface area (Å²) >= 11 is 0. The van der Waals surface area contributed by atoms with Crippen molar-refractivity contribution in [3.8, 4) is 5.75 Å². The molecular formula is C23H22F3NO8S. The number of carbonyl (C=O) groups excluding carboxylic acids is 2. The number of benzene rings is 2. The first kappa shape index (κ1) is 27.2. The van der Waals surface area contributed by atoms with Gasteiger partial charge in [-0.15, -0.1) is 0 Å². The Morgan fingerprint density at radius 2 is 1.53 bits per heavy atom. The number of rotatable bonds is 7. The summed E-state index contributed by atoms with van der Waals surface area (Å²) in [5.74, 6) is -2.64. The molecule has 1 aliphatic rings. The van der Waals surface area contributed by atoms with Crippen LogP contribution < -0.4 is 9.08 Å². The average molecular weight is 529 g/mol. The Balaban J connectivity index is 2.16. The molecule has 0 bridgehead atoms. The summed E-state index contributed by atoms with van der Waals surface area (Å²) in [7, 11) is -5.01. The molecule has 3 rings (SSSR count). The van der Waals surface area contributed by atoms with E-state index in [0.717, 1.165) is 18.1 Å². The van der Waals surface area contributed by atoms with Gasteiger partial charge in [-0.05, 0) is 17.7 Å². The van der Waals surface area contributed by atoms with Crippen LogP contribution in [0.1, 0.15) is 18.4 Å². The molecule has 2 aromatic carbocycles. The summed E-state index contributed by atoms with van der Waals surface area (Å²) in [5.41, 5.74) is -6.02. The lowest BCUT2D eigenvalue weighted by Crippen LogP contribution is -2.40. The molecule has 0 radical (unpaired) electrons. The molecule has 0 fully saturated rings. The highest BCUT2D eigenvalue weighted by Gasteiger charge is 2.49. The molecule has 194 valence electrons. The molecule has 13 heteroatoms. The number of ether oxygens (including phenoxy) is 1. The molecule has 0 aromatic heterocycles. The van der Waals surface area contributed by atoms with Crippen molar-refractivity contribution in [2.24, 2.45) is 0 Å². The maximum Gasteiger partial charge on any atom is 0.534 e. The molecule has 0 heterocycles. The number of halogens is 3. The molecule has 0 spiro atoms. The van der Waals surface area contributed by atoms with Crippen LogP contribution in [-0.2, 0) is 31.0 Å². The molecule has 1 amide bonds. The van der Waals surface area contributed by atoms with Crippen LogP contribution in [-0.4, -0.2) is 55.3 Å². The van der Waals surface area contributed by atoms with Crippen LogP contribution in [0.3, 0.4) is 0 Å². The number of para-hydroxylation sites is 2. The van der Waals surface area contributed by atoms with Crippen molar-refractivity contribution in [2.75, 3.05) is 12.0 Å². The fourth-order valence-corrected chi connectivity index (χ4v) is 4.07. The van der Waals surface area contributed by atoms with Gasteiger partial charge in [0, 0.05) is 24.0 Å². The molecule has 0 saturated heterocycles. The number of esters is 1. The number of hydrogen-bond acceptors (Lipinski definition) is 8. The standard InChI is InChI=1S/C23H22F3NO8S/c1-34-22(31)16-12-19(29)18(28)11-15(16)21(30)27(13-14-7-3-2-4-8-14)17-9-5-6-10-20(17)35-36(32,33)23(24,25)26/h2-10,18-19,28-29H,11-13H2,1H3/t18-,19-/m1/s1. The van der Waals surface area contributed by atoms with Gasteiger partial charge in [-0.2, -0.15) is 21.6 Å². The number of nitrogens with zero attached hydrogens (tertiary/aromatic N) is 1. The number of anilines is 1. The van der Waals surface area contributed by atoms with Crippen molar-refractivity contribution >= 4 is 27.7 Å². The molecule has 0 unspecified atom stereocenters. The van der Waals surface area contributed by atoms with E-state index in [4.69, 9.17) is 4.74 Å². The van der Waals surface area contributed by atoms with Crippen molar-refractivity contribution in [2.45, 2.75) is 37.1 Å². The number of hydrogen-bond donors (Lipinski definition) is 2. The number of methoxy groups -OCH3 is 1. The maximum atomic E-state index is 13.7. The lowest BCUT2D eigenvalue weighted by atomic mass is 9.86. The van der Waals surface area contributed by atoms with Crippen molar-refractivity contribution in [1.29, 1.82) is 0 Å². The second-order valence-electron chi connectivity index (χ2n) is 7.82. The van der Waals surface area contributed by atoms with Gasteiger partial charge in [-0.1, -0.05) is 42.5 Å². The number of carbonyl (C=O) groups is 2. The van der Waals surface area contributed by atoms with Gasteiger partial charge in [0.1, 0.15) is 0 Å². The van der Waals surface area contributed by atoms with E-state index in [-0.39, 0.29) is 23.4 Å². The second-order valence-corrected chi connectivity index (χ2v) is 9.36. The Bertz CT molecular complexity index is 1260. The smallest absolute Gasteiger partial charge is 0.466 e. The molecule has 2 atom stereocenters. The first-order valence-corrected chi connectivity index (χ1v) is 11.9. The van der Waals surface area contributed by atoms with Gasteiger partial charge in [0.25, 0.3) is 5.91 Å². The highest BCUT2D eigenvalue weighted by molar-refractivity contribution is 7.88. The fraction of sp³-hybridized carbons (Fsp3) is 0.304. The van der Waals surface area contributed by atoms with Crippen LogP contribution in [0.5, 0.6) is 5.75 Å². The molecule has 2 N–H and O–H groups in total. The lowest BCUT2D eigenvalue weighted by Gasteiger charge is -2.31. The SMILES string of the molecule is COC(=O)C1=C(C(=O)N(Cc2ccccc2)c2ccccc2OS(=O)(=O)C(F)(F)F)C[C@@H](O)[C@H](O)C1. The maximum absolute atomic E-state index is 13.7. The van der Waals surface area contributed by atoms with Gasteiger partial charge in [-0.25, -0.2) is 4.79 Å². The molecule has 1 aliphatic carbocycles. The van der Waals surface area contributed by atoms with E-state index in [1.807, 2.05) is 0 Å². The van der Waals surface area contributed by atoms with Crippen molar-refractivity contribution < 1.29 is 50.3 Å². The molecule has 0 saturated carbocycles. The van der Waals surface area contributed by atoms with Crippen molar-refractivity contribution in [1.82, 2.24) is 0 Å². The minimum Gasteiger partial charge on any atom is -0.466 e. The first-order chi connectivity index (χ1) is 16.9. The zero-order chi connectivity index (χ0) is 26.7. The minimum atomic E-state index is -6.07. The van der Waals surface area contributed by atoms with Gasteiger partial charge in [0.15, 0.2) is 5.75 Å². The van der Waals surface area contributed by atoms with Crippen LogP contribution in [0, 0.1) is 0 Å². The van der Waals surface area contributed by atoms with Crippen LogP contribution in [0.25, 0.3) is 0 Å². The third-order valence-electron chi connectivity index (χ3n) is 5.39. The number of alkyl halides is 3. The van der Waals surface area contributed by atoms with Gasteiger partial charge < -0.3 is 24.0 Å². The third-order valence-corrected chi connectivity index (χ3v) is 6.36. The quantitative estimate of drug-likeness (QED) is 0.318. The van der Waals surface area contributed by atoms with Crippen LogP contribution >= 0.6 is 0 Å². The van der Waals surface area contributed by atoms with Crippen LogP contribution in [0.2, 0.25) is 0 Å². The minimum absolute atomic E-state index is 0.223. The highest BCUT2D eigenvalue weighted by Crippen LogP contribution is 2.37. The topological polar surface area (TPSA) is 130 Å². The number of amides is 1. The van der Waals surface area contributed by atoms with Crippen molar-refractivity contribution in [3.05, 3.63) is 71.3 Å². The summed E-state index contributed by atoms with van der Waals surface area (Å²) in [6.07, 6.45) is -3.63. The molecule has 2 aromatic rings. The molecule has 0 aliphatic heterocycles. The summed E-state index contributed by atoms with van der Waals surface area (Å²) in [6, 6.07) is 12.9. The van der Waals surface area contributed by atoms with E-state index in [0.29, 0.717) is 5.56 Å². The molecular weight excluding hydrogens is 507 g/mol. The van der Waals surface area contributed by atoms with E-state index < -0.39 is 58.3 Å². The Morgan fingerprint density at radius 1 is 0.972 bits per heavy atom. The second kappa shape index (κ2) is 10.7. The van der Waals surface area contributed by atoms with E-state index in [2.05, 4.69) is 4.18 Å². The van der Waals surface area contributed by atoms with Crippen LogP contribution in [0.15, 0.2) is 65.7 Å². The van der Waals surface area contributed by atoms with E-state index in [9.17, 15) is 41.4 Å². The fourth-order valence-electron chi connectivity index (χ4n) is 3.59. The zero-order valence-electron chi connectivity index (χ0n) is 18.8. The van der Waals surface area contributed by atoms with Gasteiger partial charge >= 0.3 is 21.6 Å². The van der Waals surface area contributed by atoms with E-state index in [1.54, 1.807) is 30.3 Å². The summed E-state index contributed by atoms with van der Waals surface area (Å²) in [5, 5.41) is 20.2. The van der Waals surface area contributed by atoms with E-state index in [1.165, 1.54) is 18.2 Å². The predicted molar refractivity (Wildman–Crippen MR) is 120 cm³/mol. The predicted octanol–water partition coefficient (Wildman–Crippen LogP) is 2.43. The summed E-state index contributed by atoms with van der Waals surface area (Å²) in [6.45, 7) is -0.261. The number of aliphatic hydroxyl groups is 2. The monoisotopic (exact) mass is 529 g/mol. The van der Waals surface area contributed by atoms with E-state index >= 15 is 0 Å². The summed E-state index contributed by atoms with van der Waals surface area (Å²) in [4.78, 5) is 27.0. The van der Waals surface area contributed by atoms with Gasteiger partial charge in [0.2, 0.25) is 0 Å². The van der Waals surface area contributed by atoms with Gasteiger partial charge in [-0.3, -0.25) is 4.79 Å². The van der Waals surface area contributed by atoms with Crippen molar-refractivity contribution in [3.63, 3.8) is 0 Å². The average Bonchev–Trinajstić information content (AvgIpc) is 2.83. The third kappa shape index (κ3) is 5.86. The Hall–Kier alpha value is -3.42. The number of aliphatic hydroxyl groups excluding tert-OH is 2. The molecule has 36 heavy (non-hydrogen) atoms. The Morgan fingerprint density at radius 3 is 2.11 bits per heavy atom. The summed E-state index contributed by atoms with van der Waals surface area (Å²) < 4.78 is 71.5. The van der Waals surface area contributed by atoms with Gasteiger partial charge in [0.05, 0.1) is 31.5 Å².